The summed E-state index contributed by atoms with van der Waals surface area (Å²) in [5.41, 5.74) is 1.91. The Labute approximate surface area is 148 Å². The largest absolute Gasteiger partial charge is 0.619 e. The average Bonchev–Trinajstić information content (AvgIpc) is 2.63. The molecular formula is C20H25N3O2. The van der Waals surface area contributed by atoms with Crippen LogP contribution in [0.5, 0.6) is 0 Å². The highest BCUT2D eigenvalue weighted by Crippen LogP contribution is 2.12. The van der Waals surface area contributed by atoms with Crippen molar-refractivity contribution < 1.29 is 9.52 Å². The topological polar surface area (TPSA) is 59.3 Å². The molecule has 25 heavy (non-hydrogen) atoms. The molecule has 1 atom stereocenters. The third kappa shape index (κ3) is 5.29. The predicted octanol–water partition coefficient (Wildman–Crippen LogP) is 2.15. The summed E-state index contributed by atoms with van der Waals surface area (Å²) in [5, 5.41) is 14.2. The maximum Gasteiger partial charge on any atom is 0.251 e. The first kappa shape index (κ1) is 17.4. The van der Waals surface area contributed by atoms with Crippen LogP contribution in [0.25, 0.3) is 0 Å². The molecule has 2 heterocycles. The number of hydrogen-bond donors (Lipinski definition) is 1. The highest BCUT2D eigenvalue weighted by atomic mass is 16.5. The van der Waals surface area contributed by atoms with Gasteiger partial charge in [-0.05, 0) is 44.3 Å². The third-order valence-electron chi connectivity index (χ3n) is 4.69. The Balaban J connectivity index is 1.44. The number of carbonyl (C=O) groups is 1. The molecule has 132 valence electrons. The van der Waals surface area contributed by atoms with E-state index in [1.165, 1.54) is 18.0 Å². The number of rotatable bonds is 6. The van der Waals surface area contributed by atoms with Crippen molar-refractivity contribution >= 4 is 5.91 Å². The van der Waals surface area contributed by atoms with E-state index >= 15 is 0 Å². The van der Waals surface area contributed by atoms with E-state index in [-0.39, 0.29) is 11.9 Å². The molecule has 1 amide bonds. The minimum Gasteiger partial charge on any atom is -0.619 e. The molecule has 2 aromatic rings. The molecule has 1 aromatic heterocycles. The molecule has 0 aliphatic carbocycles. The van der Waals surface area contributed by atoms with Crippen molar-refractivity contribution in [1.29, 1.82) is 0 Å². The fraction of sp³-hybridized carbons (Fsp3) is 0.400. The second-order valence-electron chi connectivity index (χ2n) is 6.65. The monoisotopic (exact) mass is 339 g/mol. The molecule has 1 aliphatic rings. The molecular weight excluding hydrogens is 314 g/mol. The van der Waals surface area contributed by atoms with Crippen LogP contribution in [0.1, 0.15) is 35.2 Å². The van der Waals surface area contributed by atoms with E-state index in [2.05, 4.69) is 34.5 Å². The Morgan fingerprint density at radius 2 is 1.96 bits per heavy atom. The number of amides is 1. The number of piperidine rings is 1. The molecule has 0 radical (unpaired) electrons. The Bertz CT molecular complexity index is 673. The molecule has 1 aliphatic heterocycles. The lowest BCUT2D eigenvalue weighted by molar-refractivity contribution is -0.605. The summed E-state index contributed by atoms with van der Waals surface area (Å²) < 4.78 is 0.686. The van der Waals surface area contributed by atoms with Crippen LogP contribution in [0.15, 0.2) is 54.9 Å². The average molecular weight is 339 g/mol. The minimum absolute atomic E-state index is 0.100. The van der Waals surface area contributed by atoms with Crippen LogP contribution in [-0.4, -0.2) is 36.5 Å². The molecule has 1 aromatic carbocycles. The van der Waals surface area contributed by atoms with Gasteiger partial charge in [0.25, 0.3) is 5.91 Å². The van der Waals surface area contributed by atoms with Gasteiger partial charge in [0.15, 0.2) is 12.4 Å². The smallest absolute Gasteiger partial charge is 0.251 e. The molecule has 3 rings (SSSR count). The molecule has 1 fully saturated rings. The van der Waals surface area contributed by atoms with Crippen molar-refractivity contribution in [3.63, 3.8) is 0 Å². The van der Waals surface area contributed by atoms with Gasteiger partial charge in [-0.3, -0.25) is 4.79 Å². The fourth-order valence-corrected chi connectivity index (χ4v) is 3.36. The summed E-state index contributed by atoms with van der Waals surface area (Å²) in [6.45, 7) is 3.06. The van der Waals surface area contributed by atoms with E-state index in [4.69, 9.17) is 0 Å². The van der Waals surface area contributed by atoms with Gasteiger partial charge in [0.1, 0.15) is 0 Å². The lowest BCUT2D eigenvalue weighted by atomic mass is 10.0. The number of benzene rings is 1. The van der Waals surface area contributed by atoms with Gasteiger partial charge in [-0.25, -0.2) is 0 Å². The first-order valence-electron chi connectivity index (χ1n) is 8.97. The molecule has 5 heteroatoms. The van der Waals surface area contributed by atoms with Crippen LogP contribution in [0.3, 0.4) is 0 Å². The van der Waals surface area contributed by atoms with Crippen LogP contribution in [0.4, 0.5) is 0 Å². The van der Waals surface area contributed by atoms with Crippen LogP contribution in [0, 0.1) is 5.21 Å². The van der Waals surface area contributed by atoms with Gasteiger partial charge in [-0.1, -0.05) is 30.3 Å². The SMILES string of the molecule is O=C(N[C@H]1CCCN(CCCc2ccccc2)C1)c1cc[n+]([O-])cc1. The number of hydrogen-bond acceptors (Lipinski definition) is 3. The van der Waals surface area contributed by atoms with Gasteiger partial charge in [0, 0.05) is 24.7 Å². The summed E-state index contributed by atoms with van der Waals surface area (Å²) in [6.07, 6.45) is 7.04. The van der Waals surface area contributed by atoms with E-state index in [9.17, 15) is 10.0 Å². The highest BCUT2D eigenvalue weighted by molar-refractivity contribution is 5.94. The second-order valence-corrected chi connectivity index (χ2v) is 6.65. The molecule has 0 bridgehead atoms. The summed E-state index contributed by atoms with van der Waals surface area (Å²) in [7, 11) is 0. The first-order chi connectivity index (χ1) is 12.2. The molecule has 5 nitrogen and oxygen atoms in total. The molecule has 0 unspecified atom stereocenters. The predicted molar refractivity (Wildman–Crippen MR) is 97.1 cm³/mol. The van der Waals surface area contributed by atoms with Gasteiger partial charge >= 0.3 is 0 Å². The van der Waals surface area contributed by atoms with Gasteiger partial charge in [0.05, 0.1) is 5.56 Å². The van der Waals surface area contributed by atoms with E-state index < -0.39 is 0 Å². The number of nitrogens with one attached hydrogen (secondary N) is 1. The zero-order valence-corrected chi connectivity index (χ0v) is 14.4. The van der Waals surface area contributed by atoms with Crippen LogP contribution >= 0.6 is 0 Å². The van der Waals surface area contributed by atoms with Gasteiger partial charge in [-0.2, -0.15) is 4.73 Å². The highest BCUT2D eigenvalue weighted by Gasteiger charge is 2.21. The van der Waals surface area contributed by atoms with Crippen LogP contribution in [-0.2, 0) is 6.42 Å². The quantitative estimate of drug-likeness (QED) is 0.648. The molecule has 1 saturated heterocycles. The van der Waals surface area contributed by atoms with Crippen molar-refractivity contribution in [3.8, 4) is 0 Å². The Morgan fingerprint density at radius 3 is 2.72 bits per heavy atom. The van der Waals surface area contributed by atoms with Gasteiger partial charge in [-0.15, -0.1) is 0 Å². The number of aromatic nitrogens is 1. The third-order valence-corrected chi connectivity index (χ3v) is 4.69. The minimum atomic E-state index is -0.100. The van der Waals surface area contributed by atoms with E-state index in [0.717, 1.165) is 45.3 Å². The lowest BCUT2D eigenvalue weighted by Crippen LogP contribution is -2.48. The van der Waals surface area contributed by atoms with Crippen molar-refractivity contribution in [2.24, 2.45) is 0 Å². The van der Waals surface area contributed by atoms with Crippen molar-refractivity contribution in [2.45, 2.75) is 31.7 Å². The van der Waals surface area contributed by atoms with Gasteiger partial charge < -0.3 is 15.4 Å². The van der Waals surface area contributed by atoms with E-state index in [0.29, 0.717) is 10.3 Å². The maximum absolute atomic E-state index is 12.3. The molecule has 1 N–H and O–H groups in total. The fourth-order valence-electron chi connectivity index (χ4n) is 3.36. The number of nitrogens with zero attached hydrogens (tertiary/aromatic N) is 2. The van der Waals surface area contributed by atoms with Crippen molar-refractivity contribution in [3.05, 3.63) is 71.2 Å². The Kier molecular flexibility index (Phi) is 6.01. The zero-order valence-electron chi connectivity index (χ0n) is 14.4. The number of aryl methyl sites for hydroxylation is 1. The Morgan fingerprint density at radius 1 is 1.20 bits per heavy atom. The second kappa shape index (κ2) is 8.62. The van der Waals surface area contributed by atoms with E-state index in [1.54, 1.807) is 12.1 Å². The maximum atomic E-state index is 12.3. The molecule has 0 spiro atoms. The summed E-state index contributed by atoms with van der Waals surface area (Å²) in [6, 6.07) is 13.8. The number of likely N-dealkylation sites (tertiary alicyclic amines) is 1. The van der Waals surface area contributed by atoms with Crippen molar-refractivity contribution in [1.82, 2.24) is 10.2 Å². The standard InChI is InChI=1S/C20H25N3O2/c24-20(18-10-14-23(25)15-11-18)21-19-9-5-13-22(16-19)12-4-8-17-6-2-1-3-7-17/h1-3,6-7,10-11,14-15,19H,4-5,8-9,12-13,16H2,(H,21,24)/t19-/m0/s1. The number of carbonyl (C=O) groups excluding carboxylic acids is 1. The lowest BCUT2D eigenvalue weighted by Gasteiger charge is -2.33. The summed E-state index contributed by atoms with van der Waals surface area (Å²) >= 11 is 0. The normalized spacial score (nSPS) is 18.0. The number of pyridine rings is 1. The first-order valence-corrected chi connectivity index (χ1v) is 8.97. The summed E-state index contributed by atoms with van der Waals surface area (Å²) in [4.78, 5) is 14.7. The molecule has 0 saturated carbocycles. The van der Waals surface area contributed by atoms with Crippen LogP contribution < -0.4 is 10.0 Å². The van der Waals surface area contributed by atoms with Gasteiger partial charge in [0.2, 0.25) is 0 Å². The van der Waals surface area contributed by atoms with Crippen LogP contribution in [0.2, 0.25) is 0 Å². The Hall–Kier alpha value is -2.40. The van der Waals surface area contributed by atoms with E-state index in [1.807, 2.05) is 6.07 Å². The summed E-state index contributed by atoms with van der Waals surface area (Å²) in [5.74, 6) is -0.100. The zero-order chi connectivity index (χ0) is 17.5. The van der Waals surface area contributed by atoms with Crippen molar-refractivity contribution in [2.75, 3.05) is 19.6 Å².